The highest BCUT2D eigenvalue weighted by Gasteiger charge is 2.34. The minimum Gasteiger partial charge on any atom is -0.389 e. The second-order valence-electron chi connectivity index (χ2n) is 5.97. The Balaban J connectivity index is 1.92. The summed E-state index contributed by atoms with van der Waals surface area (Å²) in [5.74, 6) is 0.840. The molecule has 0 amide bonds. The molecule has 2 nitrogen and oxygen atoms in total. The van der Waals surface area contributed by atoms with E-state index in [1.165, 1.54) is 44.2 Å². The van der Waals surface area contributed by atoms with Crippen LogP contribution in [0.5, 0.6) is 0 Å². The number of halogens is 1. The first-order valence-electron chi connectivity index (χ1n) is 7.53. The Morgan fingerprint density at radius 1 is 1.20 bits per heavy atom. The van der Waals surface area contributed by atoms with Crippen molar-refractivity contribution in [2.24, 2.45) is 11.7 Å². The predicted octanol–water partition coefficient (Wildman–Crippen LogP) is 4.13. The van der Waals surface area contributed by atoms with Gasteiger partial charge in [0.15, 0.2) is 0 Å². The highest BCUT2D eigenvalue weighted by atomic mass is 35.5. The lowest BCUT2D eigenvalue weighted by Crippen LogP contribution is -2.36. The smallest absolute Gasteiger partial charge is 0.106 e. The molecule has 2 aliphatic rings. The number of hydrogen-bond donors (Lipinski definition) is 1. The largest absolute Gasteiger partial charge is 0.389 e. The molecule has 1 saturated carbocycles. The summed E-state index contributed by atoms with van der Waals surface area (Å²) >= 11 is 11.3. The molecule has 2 N–H and O–H groups in total. The number of hydrogen-bond acceptors (Lipinski definition) is 2. The van der Waals surface area contributed by atoms with E-state index < -0.39 is 0 Å². The monoisotopic (exact) mass is 308 g/mol. The van der Waals surface area contributed by atoms with Crippen molar-refractivity contribution in [2.75, 3.05) is 11.4 Å². The maximum Gasteiger partial charge on any atom is 0.106 e. The third-order valence-electron chi connectivity index (χ3n) is 4.78. The lowest BCUT2D eigenvalue weighted by molar-refractivity contribution is 0.431. The molecule has 3 rings (SSSR count). The van der Waals surface area contributed by atoms with Crippen molar-refractivity contribution < 1.29 is 0 Å². The van der Waals surface area contributed by atoms with E-state index in [9.17, 15) is 0 Å². The molecule has 2 fully saturated rings. The topological polar surface area (TPSA) is 29.3 Å². The fourth-order valence-electron chi connectivity index (χ4n) is 3.88. The van der Waals surface area contributed by atoms with Crippen LogP contribution in [-0.4, -0.2) is 17.6 Å². The van der Waals surface area contributed by atoms with Gasteiger partial charge in [0.1, 0.15) is 4.99 Å². The lowest BCUT2D eigenvalue weighted by atomic mass is 9.95. The standard InChI is InChI=1S/C16H21ClN2S/c17-12-7-8-15(13(10-12)16(18)20)19-9-3-6-14(19)11-4-1-2-5-11/h7-8,10-11,14H,1-6,9H2,(H2,18,20). The van der Waals surface area contributed by atoms with E-state index in [2.05, 4.69) is 11.0 Å². The van der Waals surface area contributed by atoms with Gasteiger partial charge in [-0.15, -0.1) is 0 Å². The summed E-state index contributed by atoms with van der Waals surface area (Å²) in [4.78, 5) is 2.97. The quantitative estimate of drug-likeness (QED) is 0.851. The number of nitrogens with two attached hydrogens (primary N) is 1. The van der Waals surface area contributed by atoms with Crippen LogP contribution in [0, 0.1) is 5.92 Å². The van der Waals surface area contributed by atoms with Crippen molar-refractivity contribution in [3.05, 3.63) is 28.8 Å². The van der Waals surface area contributed by atoms with Gasteiger partial charge in [0, 0.05) is 28.9 Å². The second-order valence-corrected chi connectivity index (χ2v) is 6.85. The molecule has 1 aliphatic carbocycles. The van der Waals surface area contributed by atoms with Crippen molar-refractivity contribution in [1.29, 1.82) is 0 Å². The Bertz CT molecular complexity index is 511. The molecule has 20 heavy (non-hydrogen) atoms. The first-order valence-corrected chi connectivity index (χ1v) is 8.31. The summed E-state index contributed by atoms with van der Waals surface area (Å²) < 4.78 is 0. The molecule has 1 aromatic carbocycles. The van der Waals surface area contributed by atoms with E-state index >= 15 is 0 Å². The molecule has 1 atom stereocenters. The average Bonchev–Trinajstić information content (AvgIpc) is 3.09. The summed E-state index contributed by atoms with van der Waals surface area (Å²) in [7, 11) is 0. The molecule has 1 heterocycles. The van der Waals surface area contributed by atoms with Gasteiger partial charge < -0.3 is 10.6 Å². The number of nitrogens with zero attached hydrogens (tertiary/aromatic N) is 1. The van der Waals surface area contributed by atoms with Gasteiger partial charge in [-0.05, 0) is 49.8 Å². The van der Waals surface area contributed by atoms with Gasteiger partial charge in [-0.25, -0.2) is 0 Å². The van der Waals surface area contributed by atoms with E-state index in [-0.39, 0.29) is 0 Å². The fourth-order valence-corrected chi connectivity index (χ4v) is 4.22. The molecule has 1 saturated heterocycles. The number of anilines is 1. The summed E-state index contributed by atoms with van der Waals surface area (Å²) in [5, 5.41) is 0.702. The fraction of sp³-hybridized carbons (Fsp3) is 0.562. The minimum absolute atomic E-state index is 0.444. The van der Waals surface area contributed by atoms with Crippen LogP contribution in [0.25, 0.3) is 0 Å². The molecule has 0 bridgehead atoms. The zero-order valence-corrected chi connectivity index (χ0v) is 13.2. The number of thiocarbonyl (C=S) groups is 1. The zero-order valence-electron chi connectivity index (χ0n) is 11.6. The Labute approximate surface area is 131 Å². The van der Waals surface area contributed by atoms with Gasteiger partial charge in [0.2, 0.25) is 0 Å². The van der Waals surface area contributed by atoms with Gasteiger partial charge in [-0.2, -0.15) is 0 Å². The highest BCUT2D eigenvalue weighted by molar-refractivity contribution is 7.80. The molecule has 1 aliphatic heterocycles. The van der Waals surface area contributed by atoms with Gasteiger partial charge >= 0.3 is 0 Å². The van der Waals surface area contributed by atoms with E-state index in [1.54, 1.807) is 0 Å². The molecule has 4 heteroatoms. The van der Waals surface area contributed by atoms with Crippen LogP contribution in [0.2, 0.25) is 5.02 Å². The van der Waals surface area contributed by atoms with Gasteiger partial charge in [0.05, 0.1) is 0 Å². The van der Waals surface area contributed by atoms with Crippen molar-refractivity contribution >= 4 is 34.5 Å². The van der Waals surface area contributed by atoms with E-state index in [4.69, 9.17) is 29.6 Å². The third kappa shape index (κ3) is 2.66. The molecule has 108 valence electrons. The van der Waals surface area contributed by atoms with Crippen LogP contribution >= 0.6 is 23.8 Å². The number of benzene rings is 1. The summed E-state index contributed by atoms with van der Waals surface area (Å²) in [6.07, 6.45) is 8.08. The average molecular weight is 309 g/mol. The van der Waals surface area contributed by atoms with Crippen LogP contribution in [0.15, 0.2) is 18.2 Å². The Morgan fingerprint density at radius 3 is 2.65 bits per heavy atom. The molecular weight excluding hydrogens is 288 g/mol. The summed E-state index contributed by atoms with van der Waals surface area (Å²) in [6, 6.07) is 6.60. The van der Waals surface area contributed by atoms with Crippen LogP contribution in [0.3, 0.4) is 0 Å². The Morgan fingerprint density at radius 2 is 1.95 bits per heavy atom. The Hall–Kier alpha value is -0.800. The molecule has 1 unspecified atom stereocenters. The zero-order chi connectivity index (χ0) is 14.1. The van der Waals surface area contributed by atoms with Crippen molar-refractivity contribution in [1.82, 2.24) is 0 Å². The Kier molecular flexibility index (Phi) is 4.18. The maximum atomic E-state index is 6.10. The normalized spacial score (nSPS) is 23.4. The van der Waals surface area contributed by atoms with Gasteiger partial charge in [-0.3, -0.25) is 0 Å². The van der Waals surface area contributed by atoms with Gasteiger partial charge in [-0.1, -0.05) is 36.7 Å². The predicted molar refractivity (Wildman–Crippen MR) is 89.7 cm³/mol. The van der Waals surface area contributed by atoms with Crippen LogP contribution < -0.4 is 10.6 Å². The third-order valence-corrected chi connectivity index (χ3v) is 5.23. The summed E-state index contributed by atoms with van der Waals surface area (Å²) in [6.45, 7) is 1.11. The molecule has 0 spiro atoms. The van der Waals surface area contributed by atoms with E-state index in [1.807, 2.05) is 12.1 Å². The highest BCUT2D eigenvalue weighted by Crippen LogP contribution is 2.39. The molecule has 0 aromatic heterocycles. The van der Waals surface area contributed by atoms with Crippen molar-refractivity contribution in [3.63, 3.8) is 0 Å². The van der Waals surface area contributed by atoms with Crippen molar-refractivity contribution in [3.8, 4) is 0 Å². The number of rotatable bonds is 3. The van der Waals surface area contributed by atoms with Crippen LogP contribution in [0.1, 0.15) is 44.1 Å². The summed E-state index contributed by atoms with van der Waals surface area (Å²) in [5.41, 5.74) is 8.00. The molecule has 0 radical (unpaired) electrons. The first kappa shape index (κ1) is 14.2. The van der Waals surface area contributed by atoms with E-state index in [0.29, 0.717) is 16.1 Å². The first-order chi connectivity index (χ1) is 9.66. The maximum absolute atomic E-state index is 6.10. The SMILES string of the molecule is NC(=S)c1cc(Cl)ccc1N1CCCC1C1CCCC1. The van der Waals surface area contributed by atoms with E-state index in [0.717, 1.165) is 18.0 Å². The molecular formula is C16H21ClN2S. The van der Waals surface area contributed by atoms with Crippen LogP contribution in [0.4, 0.5) is 5.69 Å². The second kappa shape index (κ2) is 5.90. The van der Waals surface area contributed by atoms with Crippen molar-refractivity contribution in [2.45, 2.75) is 44.6 Å². The minimum atomic E-state index is 0.444. The molecule has 1 aromatic rings. The van der Waals surface area contributed by atoms with Gasteiger partial charge in [0.25, 0.3) is 0 Å². The van der Waals surface area contributed by atoms with Crippen LogP contribution in [-0.2, 0) is 0 Å². The lowest BCUT2D eigenvalue weighted by Gasteiger charge is -2.32.